The molecule has 1 N–H and O–H groups in total. The molecule has 0 bridgehead atoms. The van der Waals surface area contributed by atoms with Gasteiger partial charge in [0.1, 0.15) is 22.8 Å². The number of benzene rings is 4. The third kappa shape index (κ3) is 12.9. The van der Waals surface area contributed by atoms with Crippen molar-refractivity contribution < 1.29 is 42.4 Å². The van der Waals surface area contributed by atoms with E-state index in [-0.39, 0.29) is 54.3 Å². The number of amides is 2. The van der Waals surface area contributed by atoms with Crippen LogP contribution in [0.15, 0.2) is 72.8 Å². The van der Waals surface area contributed by atoms with E-state index in [2.05, 4.69) is 29.9 Å². The Balaban J connectivity index is 0.000000264. The Morgan fingerprint density at radius 1 is 0.594 bits per heavy atom. The third-order valence-corrected chi connectivity index (χ3v) is 9.41. The minimum absolute atomic E-state index is 0.00147. The summed E-state index contributed by atoms with van der Waals surface area (Å²) in [6.07, 6.45) is -1.72. The lowest BCUT2D eigenvalue weighted by Gasteiger charge is -2.28. The average molecular weight is 919 g/mol. The molecule has 0 atom stereocenters. The summed E-state index contributed by atoms with van der Waals surface area (Å²) in [6, 6.07) is 19.4. The summed E-state index contributed by atoms with van der Waals surface area (Å²) in [7, 11) is 2.83. The molecule has 2 aromatic heterocycles. The van der Waals surface area contributed by atoms with Crippen LogP contribution in [0.4, 0.5) is 18.4 Å². The summed E-state index contributed by atoms with van der Waals surface area (Å²) >= 11 is 12.8. The molecule has 336 valence electrons. The van der Waals surface area contributed by atoms with Gasteiger partial charge in [-0.2, -0.15) is 19.9 Å². The highest BCUT2D eigenvalue weighted by Crippen LogP contribution is 2.32. The number of aliphatic hydroxyl groups is 1. The highest BCUT2D eigenvalue weighted by molar-refractivity contribution is 6.33. The fraction of sp³-hybridized carbons (Fsp3) is 0.304. The number of carbonyl (C=O) groups is 2. The quantitative estimate of drug-likeness (QED) is 0.145. The molecule has 0 radical (unpaired) electrons. The van der Waals surface area contributed by atoms with Gasteiger partial charge in [0.2, 0.25) is 0 Å². The van der Waals surface area contributed by atoms with E-state index in [1.165, 1.54) is 26.4 Å². The zero-order chi connectivity index (χ0) is 47.1. The van der Waals surface area contributed by atoms with Crippen LogP contribution in [0.1, 0.15) is 63.8 Å². The van der Waals surface area contributed by atoms with Crippen molar-refractivity contribution in [2.24, 2.45) is 0 Å². The Kier molecular flexibility index (Phi) is 15.5. The minimum Gasteiger partial charge on any atom is -0.467 e. The molecule has 0 saturated heterocycles. The lowest BCUT2D eigenvalue weighted by Crippen LogP contribution is -2.43. The van der Waals surface area contributed by atoms with E-state index in [9.17, 15) is 23.5 Å². The van der Waals surface area contributed by atoms with Gasteiger partial charge in [0.15, 0.2) is 23.3 Å². The first-order chi connectivity index (χ1) is 30.1. The van der Waals surface area contributed by atoms with Crippen LogP contribution in [0.2, 0.25) is 10.0 Å². The molecule has 0 fully saturated rings. The number of aliphatic hydroxyl groups excluding tert-OH is 1. The molecule has 2 heterocycles. The number of rotatable bonds is 9. The van der Waals surface area contributed by atoms with Crippen molar-refractivity contribution in [1.82, 2.24) is 34.8 Å². The van der Waals surface area contributed by atoms with Gasteiger partial charge in [-0.25, -0.2) is 33.2 Å². The molecular formula is C46H47Cl2F2N7O7. The van der Waals surface area contributed by atoms with E-state index in [0.29, 0.717) is 54.6 Å². The van der Waals surface area contributed by atoms with Crippen molar-refractivity contribution in [3.05, 3.63) is 117 Å². The molecule has 14 nitrogen and oxygen atoms in total. The molecule has 6 rings (SSSR count). The van der Waals surface area contributed by atoms with Crippen molar-refractivity contribution in [3.8, 4) is 57.6 Å². The molecule has 2 amide bonds. The van der Waals surface area contributed by atoms with Gasteiger partial charge in [-0.15, -0.1) is 0 Å². The number of aryl methyl sites for hydroxylation is 2. The maximum absolute atomic E-state index is 14.2. The maximum atomic E-state index is 14.2. The highest BCUT2D eigenvalue weighted by atomic mass is 35.5. The van der Waals surface area contributed by atoms with Gasteiger partial charge in [-0.05, 0) is 114 Å². The summed E-state index contributed by atoms with van der Waals surface area (Å²) in [6.45, 7) is 13.2. The molecular weight excluding hydrogens is 871 g/mol. The van der Waals surface area contributed by atoms with Crippen molar-refractivity contribution in [2.45, 2.75) is 79.7 Å². The van der Waals surface area contributed by atoms with Gasteiger partial charge >= 0.3 is 24.2 Å². The molecule has 0 unspecified atom stereocenters. The Labute approximate surface area is 379 Å². The van der Waals surface area contributed by atoms with Crippen LogP contribution in [0, 0.1) is 25.5 Å². The molecule has 64 heavy (non-hydrogen) atoms. The first-order valence-corrected chi connectivity index (χ1v) is 20.4. The normalized spacial score (nSPS) is 11.3. The molecule has 0 aliphatic rings. The van der Waals surface area contributed by atoms with Crippen LogP contribution in [0.25, 0.3) is 45.6 Å². The molecule has 6 aromatic rings. The third-order valence-electron chi connectivity index (χ3n) is 8.75. The zero-order valence-corrected chi connectivity index (χ0v) is 38.4. The Bertz CT molecular complexity index is 2650. The smallest absolute Gasteiger partial charge is 0.420 e. The summed E-state index contributed by atoms with van der Waals surface area (Å²) < 4.78 is 49.4. The number of carbonyl (C=O) groups excluding carboxylic acids is 2. The Morgan fingerprint density at radius 3 is 1.36 bits per heavy atom. The van der Waals surface area contributed by atoms with Crippen LogP contribution in [-0.2, 0) is 22.6 Å². The molecule has 0 spiro atoms. The number of imide groups is 1. The van der Waals surface area contributed by atoms with Gasteiger partial charge in [0.25, 0.3) is 0 Å². The Hall–Kier alpha value is -6.36. The van der Waals surface area contributed by atoms with E-state index in [1.807, 2.05) is 0 Å². The summed E-state index contributed by atoms with van der Waals surface area (Å²) in [5.41, 5.74) is 2.37. The van der Waals surface area contributed by atoms with E-state index >= 15 is 0 Å². The Morgan fingerprint density at radius 2 is 0.984 bits per heavy atom. The van der Waals surface area contributed by atoms with Gasteiger partial charge in [-0.3, -0.25) is 0 Å². The van der Waals surface area contributed by atoms with Crippen LogP contribution < -0.4 is 9.47 Å². The largest absolute Gasteiger partial charge is 0.467 e. The van der Waals surface area contributed by atoms with Gasteiger partial charge < -0.3 is 24.1 Å². The lowest BCUT2D eigenvalue weighted by molar-refractivity contribution is -0.000266. The highest BCUT2D eigenvalue weighted by Gasteiger charge is 2.31. The summed E-state index contributed by atoms with van der Waals surface area (Å²) in [5.74, 6) is 0.137. The van der Waals surface area contributed by atoms with Crippen molar-refractivity contribution >= 4 is 35.4 Å². The zero-order valence-electron chi connectivity index (χ0n) is 36.9. The number of ether oxygens (including phenoxy) is 4. The first kappa shape index (κ1) is 48.7. The predicted molar refractivity (Wildman–Crippen MR) is 238 cm³/mol. The second-order valence-electron chi connectivity index (χ2n) is 16.2. The number of hydrogen-bond donors (Lipinski definition) is 1. The van der Waals surface area contributed by atoms with Gasteiger partial charge in [0, 0.05) is 22.3 Å². The van der Waals surface area contributed by atoms with Crippen molar-refractivity contribution in [3.63, 3.8) is 0 Å². The van der Waals surface area contributed by atoms with E-state index in [1.54, 1.807) is 116 Å². The second-order valence-corrected chi connectivity index (χ2v) is 17.0. The molecule has 0 aliphatic heterocycles. The monoisotopic (exact) mass is 917 g/mol. The minimum atomic E-state index is -0.862. The summed E-state index contributed by atoms with van der Waals surface area (Å²) in [4.78, 5) is 52.6. The SMILES string of the molecule is COc1nc(-c2ccc(C)c(F)c2)nc(-c2cc(CN(C(=O)OC(C)(C)C)C(=O)OC(C)(C)C)ccc2Cl)n1.COc1nc(-c2ccc(C)c(F)c2)nc(-c2cc(CO)ccc2Cl)n1. The van der Waals surface area contributed by atoms with E-state index in [4.69, 9.17) is 42.1 Å². The van der Waals surface area contributed by atoms with Gasteiger partial charge in [0.05, 0.1) is 37.4 Å². The molecule has 0 saturated carbocycles. The average Bonchev–Trinajstić information content (AvgIpc) is 3.24. The van der Waals surface area contributed by atoms with Crippen LogP contribution in [0.5, 0.6) is 12.0 Å². The van der Waals surface area contributed by atoms with Crippen molar-refractivity contribution in [2.75, 3.05) is 14.2 Å². The first-order valence-electron chi connectivity index (χ1n) is 19.6. The lowest BCUT2D eigenvalue weighted by atomic mass is 10.1. The topological polar surface area (TPSA) is 172 Å². The fourth-order valence-corrected chi connectivity index (χ4v) is 5.97. The van der Waals surface area contributed by atoms with E-state index in [0.717, 1.165) is 4.90 Å². The number of hydrogen-bond acceptors (Lipinski definition) is 13. The van der Waals surface area contributed by atoms with E-state index < -0.39 is 29.2 Å². The number of methoxy groups -OCH3 is 2. The molecule has 0 aliphatic carbocycles. The number of nitrogens with zero attached hydrogens (tertiary/aromatic N) is 7. The maximum Gasteiger partial charge on any atom is 0.420 e. The van der Waals surface area contributed by atoms with Crippen LogP contribution >= 0.6 is 23.2 Å². The van der Waals surface area contributed by atoms with Gasteiger partial charge in [-0.1, -0.05) is 59.6 Å². The molecule has 18 heteroatoms. The predicted octanol–water partition coefficient (Wildman–Crippen LogP) is 10.8. The fourth-order valence-electron chi connectivity index (χ4n) is 5.56. The molecule has 4 aromatic carbocycles. The second kappa shape index (κ2) is 20.4. The number of aromatic nitrogens is 6. The standard InChI is InChI=1S/C28H32ClFN4O5.C18H15ClFN3O2/c1-16-9-11-18(14-21(16)30)22-31-23(33-24(32-22)37-8)19-13-17(10-12-20(19)29)15-34(25(35)38-27(2,3)4)26(36)39-28(5,6)7;1-10-3-5-12(8-15(10)20)16-21-17(23-18(22-16)25-2)13-7-11(9-24)4-6-14(13)19/h9-14H,15H2,1-8H3;3-8,24H,9H2,1-2H3. The van der Waals surface area contributed by atoms with Crippen molar-refractivity contribution in [1.29, 1.82) is 0 Å². The van der Waals surface area contributed by atoms with Crippen LogP contribution in [0.3, 0.4) is 0 Å². The summed E-state index contributed by atoms with van der Waals surface area (Å²) in [5, 5.41) is 10.0. The number of halogens is 4. The van der Waals surface area contributed by atoms with Crippen LogP contribution in [-0.4, -0.2) is 77.5 Å².